The molecule has 3 rings (SSSR count). The molecule has 4 nitrogen and oxygen atoms in total. The SMILES string of the molecule is CCn1c(CNC(=O)c2ccc(C)c(C)c2)nc2ccccc21. The Bertz CT molecular complexity index is 864. The number of amides is 1. The standard InChI is InChI=1S/C19H21N3O/c1-4-22-17-8-6-5-7-16(17)21-18(22)12-20-19(23)15-10-9-13(2)14(3)11-15/h5-11H,4,12H2,1-3H3,(H,20,23). The Hall–Kier alpha value is -2.62. The van der Waals surface area contributed by atoms with E-state index in [1.807, 2.05) is 50.2 Å². The van der Waals surface area contributed by atoms with Gasteiger partial charge in [0.05, 0.1) is 17.6 Å². The van der Waals surface area contributed by atoms with Crippen LogP contribution in [-0.2, 0) is 13.1 Å². The summed E-state index contributed by atoms with van der Waals surface area (Å²) in [6.45, 7) is 7.40. The molecule has 2 aromatic carbocycles. The van der Waals surface area contributed by atoms with E-state index in [4.69, 9.17) is 0 Å². The Morgan fingerprint density at radius 2 is 1.91 bits per heavy atom. The van der Waals surface area contributed by atoms with Crippen molar-refractivity contribution in [1.82, 2.24) is 14.9 Å². The van der Waals surface area contributed by atoms with Crippen LogP contribution in [0.2, 0.25) is 0 Å². The summed E-state index contributed by atoms with van der Waals surface area (Å²) < 4.78 is 2.13. The van der Waals surface area contributed by atoms with E-state index in [2.05, 4.69) is 27.9 Å². The lowest BCUT2D eigenvalue weighted by atomic mass is 10.1. The van der Waals surface area contributed by atoms with Crippen molar-refractivity contribution in [3.8, 4) is 0 Å². The van der Waals surface area contributed by atoms with E-state index in [1.165, 1.54) is 5.56 Å². The lowest BCUT2D eigenvalue weighted by Crippen LogP contribution is -2.24. The maximum Gasteiger partial charge on any atom is 0.251 e. The van der Waals surface area contributed by atoms with Crippen molar-refractivity contribution in [2.45, 2.75) is 33.9 Å². The highest BCUT2D eigenvalue weighted by Crippen LogP contribution is 2.16. The van der Waals surface area contributed by atoms with Gasteiger partial charge in [-0.15, -0.1) is 0 Å². The van der Waals surface area contributed by atoms with Crippen LogP contribution in [0.1, 0.15) is 34.2 Å². The number of imidazole rings is 1. The summed E-state index contributed by atoms with van der Waals surface area (Å²) in [5.41, 5.74) is 5.07. The molecule has 3 aromatic rings. The third-order valence-electron chi connectivity index (χ3n) is 4.23. The molecule has 0 bridgehead atoms. The molecule has 1 N–H and O–H groups in total. The number of rotatable bonds is 4. The summed E-state index contributed by atoms with van der Waals surface area (Å²) in [4.78, 5) is 17.0. The first-order valence-electron chi connectivity index (χ1n) is 7.89. The van der Waals surface area contributed by atoms with Crippen molar-refractivity contribution >= 4 is 16.9 Å². The maximum atomic E-state index is 12.3. The second-order valence-electron chi connectivity index (χ2n) is 5.74. The predicted molar refractivity (Wildman–Crippen MR) is 92.5 cm³/mol. The third kappa shape index (κ3) is 2.97. The Morgan fingerprint density at radius 3 is 2.65 bits per heavy atom. The number of hydrogen-bond acceptors (Lipinski definition) is 2. The summed E-state index contributed by atoms with van der Waals surface area (Å²) in [7, 11) is 0. The average Bonchev–Trinajstić information content (AvgIpc) is 2.92. The lowest BCUT2D eigenvalue weighted by molar-refractivity contribution is 0.0949. The monoisotopic (exact) mass is 307 g/mol. The fourth-order valence-electron chi connectivity index (χ4n) is 2.76. The first kappa shape index (κ1) is 15.3. The van der Waals surface area contributed by atoms with Gasteiger partial charge >= 0.3 is 0 Å². The number of hydrogen-bond donors (Lipinski definition) is 1. The number of aromatic nitrogens is 2. The second-order valence-corrected chi connectivity index (χ2v) is 5.74. The average molecular weight is 307 g/mol. The zero-order chi connectivity index (χ0) is 16.4. The molecule has 118 valence electrons. The van der Waals surface area contributed by atoms with Gasteiger partial charge in [-0.25, -0.2) is 4.98 Å². The van der Waals surface area contributed by atoms with E-state index in [-0.39, 0.29) is 5.91 Å². The molecule has 0 aliphatic heterocycles. The van der Waals surface area contributed by atoms with Crippen molar-refractivity contribution in [1.29, 1.82) is 0 Å². The van der Waals surface area contributed by atoms with E-state index >= 15 is 0 Å². The highest BCUT2D eigenvalue weighted by atomic mass is 16.1. The van der Waals surface area contributed by atoms with Gasteiger partial charge in [0, 0.05) is 12.1 Å². The van der Waals surface area contributed by atoms with Crippen LogP contribution >= 0.6 is 0 Å². The van der Waals surface area contributed by atoms with Crippen LogP contribution in [0.4, 0.5) is 0 Å². The van der Waals surface area contributed by atoms with E-state index in [9.17, 15) is 4.79 Å². The van der Waals surface area contributed by atoms with Gasteiger partial charge in [0.2, 0.25) is 0 Å². The molecule has 4 heteroatoms. The zero-order valence-corrected chi connectivity index (χ0v) is 13.8. The molecular weight excluding hydrogens is 286 g/mol. The Kier molecular flexibility index (Phi) is 4.15. The Labute approximate surface area is 136 Å². The molecular formula is C19H21N3O. The first-order valence-corrected chi connectivity index (χ1v) is 7.89. The van der Waals surface area contributed by atoms with Crippen LogP contribution in [0.3, 0.4) is 0 Å². The molecule has 23 heavy (non-hydrogen) atoms. The highest BCUT2D eigenvalue weighted by molar-refractivity contribution is 5.94. The summed E-state index contributed by atoms with van der Waals surface area (Å²) in [6, 6.07) is 13.8. The van der Waals surface area contributed by atoms with E-state index in [0.717, 1.165) is 29.0 Å². The van der Waals surface area contributed by atoms with Gasteiger partial charge in [0.1, 0.15) is 5.82 Å². The Morgan fingerprint density at radius 1 is 1.13 bits per heavy atom. The summed E-state index contributed by atoms with van der Waals surface area (Å²) in [6.07, 6.45) is 0. The number of nitrogens with zero attached hydrogens (tertiary/aromatic N) is 2. The summed E-state index contributed by atoms with van der Waals surface area (Å²) in [5.74, 6) is 0.814. The van der Waals surface area contributed by atoms with Crippen LogP contribution in [0, 0.1) is 13.8 Å². The highest BCUT2D eigenvalue weighted by Gasteiger charge is 2.11. The minimum atomic E-state index is -0.0668. The molecule has 0 aliphatic rings. The number of fused-ring (bicyclic) bond motifs is 1. The summed E-state index contributed by atoms with van der Waals surface area (Å²) in [5, 5.41) is 2.98. The van der Waals surface area contributed by atoms with E-state index in [0.29, 0.717) is 12.1 Å². The topological polar surface area (TPSA) is 46.9 Å². The molecule has 0 radical (unpaired) electrons. The smallest absolute Gasteiger partial charge is 0.251 e. The first-order chi connectivity index (χ1) is 11.1. The number of carbonyl (C=O) groups excluding carboxylic acids is 1. The fourth-order valence-corrected chi connectivity index (χ4v) is 2.76. The van der Waals surface area contributed by atoms with Crippen molar-refractivity contribution in [3.05, 3.63) is 65.0 Å². The van der Waals surface area contributed by atoms with Crippen molar-refractivity contribution in [3.63, 3.8) is 0 Å². The molecule has 0 atom stereocenters. The van der Waals surface area contributed by atoms with Crippen molar-refractivity contribution < 1.29 is 4.79 Å². The van der Waals surface area contributed by atoms with E-state index < -0.39 is 0 Å². The molecule has 1 amide bonds. The number of nitrogens with one attached hydrogen (secondary N) is 1. The van der Waals surface area contributed by atoms with Gasteiger partial charge in [-0.3, -0.25) is 4.79 Å². The van der Waals surface area contributed by atoms with Crippen molar-refractivity contribution in [2.75, 3.05) is 0 Å². The minimum Gasteiger partial charge on any atom is -0.345 e. The molecule has 0 aliphatic carbocycles. The number of carbonyl (C=O) groups is 1. The van der Waals surface area contributed by atoms with Crippen LogP contribution in [0.25, 0.3) is 11.0 Å². The number of aryl methyl sites for hydroxylation is 3. The molecule has 1 heterocycles. The molecule has 0 unspecified atom stereocenters. The molecule has 0 saturated carbocycles. The van der Waals surface area contributed by atoms with Gasteiger partial charge in [-0.2, -0.15) is 0 Å². The van der Waals surface area contributed by atoms with Gasteiger partial charge < -0.3 is 9.88 Å². The molecule has 0 fully saturated rings. The summed E-state index contributed by atoms with van der Waals surface area (Å²) >= 11 is 0. The predicted octanol–water partition coefficient (Wildman–Crippen LogP) is 3.60. The quantitative estimate of drug-likeness (QED) is 0.800. The Balaban J connectivity index is 1.80. The van der Waals surface area contributed by atoms with Crippen LogP contribution in [-0.4, -0.2) is 15.5 Å². The van der Waals surface area contributed by atoms with Crippen molar-refractivity contribution in [2.24, 2.45) is 0 Å². The third-order valence-corrected chi connectivity index (χ3v) is 4.23. The molecule has 0 saturated heterocycles. The lowest BCUT2D eigenvalue weighted by Gasteiger charge is -2.09. The van der Waals surface area contributed by atoms with Crippen LogP contribution < -0.4 is 5.32 Å². The van der Waals surface area contributed by atoms with Gasteiger partial charge in [-0.1, -0.05) is 18.2 Å². The largest absolute Gasteiger partial charge is 0.345 e. The second kappa shape index (κ2) is 6.24. The number of benzene rings is 2. The van der Waals surface area contributed by atoms with Gasteiger partial charge in [-0.05, 0) is 56.2 Å². The molecule has 0 spiro atoms. The van der Waals surface area contributed by atoms with Crippen LogP contribution in [0.5, 0.6) is 0 Å². The maximum absolute atomic E-state index is 12.3. The fraction of sp³-hybridized carbons (Fsp3) is 0.263. The van der Waals surface area contributed by atoms with Gasteiger partial charge in [0.15, 0.2) is 0 Å². The van der Waals surface area contributed by atoms with E-state index in [1.54, 1.807) is 0 Å². The van der Waals surface area contributed by atoms with Gasteiger partial charge in [0.25, 0.3) is 5.91 Å². The minimum absolute atomic E-state index is 0.0668. The molecule has 1 aromatic heterocycles. The zero-order valence-electron chi connectivity index (χ0n) is 13.8. The van der Waals surface area contributed by atoms with Crippen LogP contribution in [0.15, 0.2) is 42.5 Å². The number of para-hydroxylation sites is 2. The normalized spacial score (nSPS) is 10.9.